The van der Waals surface area contributed by atoms with Crippen molar-refractivity contribution in [2.24, 2.45) is 4.99 Å². The molecular weight excluding hydrogens is 541 g/mol. The van der Waals surface area contributed by atoms with E-state index in [0.29, 0.717) is 19.6 Å². The van der Waals surface area contributed by atoms with Gasteiger partial charge in [0.05, 0.1) is 6.54 Å². The maximum atomic E-state index is 11.5. The van der Waals surface area contributed by atoms with Crippen LogP contribution in [0.15, 0.2) is 47.5 Å². The SMILES string of the molecule is CN=C(NCCOc1ccc2c(c1)CCC(=O)N2)NCc1ccc(CN2CCCCC2)cc1.I. The minimum absolute atomic E-state index is 0. The number of anilines is 1. The highest BCUT2D eigenvalue weighted by atomic mass is 127. The summed E-state index contributed by atoms with van der Waals surface area (Å²) >= 11 is 0. The predicted molar refractivity (Wildman–Crippen MR) is 148 cm³/mol. The summed E-state index contributed by atoms with van der Waals surface area (Å²) in [5.41, 5.74) is 4.63. The Morgan fingerprint density at radius 1 is 1.03 bits per heavy atom. The Labute approximate surface area is 219 Å². The van der Waals surface area contributed by atoms with Gasteiger partial charge in [-0.3, -0.25) is 14.7 Å². The fourth-order valence-corrected chi connectivity index (χ4v) is 4.33. The van der Waals surface area contributed by atoms with Crippen LogP contribution in [-0.2, 0) is 24.3 Å². The van der Waals surface area contributed by atoms with E-state index in [0.717, 1.165) is 42.5 Å². The molecule has 2 aromatic carbocycles. The van der Waals surface area contributed by atoms with Crippen molar-refractivity contribution in [2.45, 2.75) is 45.2 Å². The molecule has 0 aliphatic carbocycles. The van der Waals surface area contributed by atoms with E-state index in [1.165, 1.54) is 43.5 Å². The molecule has 0 aromatic heterocycles. The largest absolute Gasteiger partial charge is 0.492 e. The average Bonchev–Trinajstić information content (AvgIpc) is 2.85. The van der Waals surface area contributed by atoms with Gasteiger partial charge in [-0.25, -0.2) is 0 Å². The second kappa shape index (κ2) is 13.5. The van der Waals surface area contributed by atoms with E-state index < -0.39 is 0 Å². The molecule has 3 N–H and O–H groups in total. The number of piperidine rings is 1. The van der Waals surface area contributed by atoms with Crippen molar-refractivity contribution in [3.8, 4) is 5.75 Å². The number of guanidine groups is 1. The van der Waals surface area contributed by atoms with E-state index in [9.17, 15) is 4.79 Å². The monoisotopic (exact) mass is 577 g/mol. The standard InChI is InChI=1S/C26H35N5O2.HI/c1-27-26(28-13-16-33-23-10-11-24-22(17-23)9-12-25(32)30-24)29-18-20-5-7-21(8-6-20)19-31-14-3-2-4-15-31;/h5-8,10-11,17H,2-4,9,12-16,18-19H2,1H3,(H,30,32)(H2,27,28,29);1H. The van der Waals surface area contributed by atoms with Crippen LogP contribution in [0.1, 0.15) is 42.4 Å². The number of ether oxygens (including phenoxy) is 1. The van der Waals surface area contributed by atoms with Crippen LogP contribution in [0.2, 0.25) is 0 Å². The number of aryl methyl sites for hydroxylation is 1. The first kappa shape index (κ1) is 26.3. The minimum atomic E-state index is 0. The fraction of sp³-hybridized carbons (Fsp3) is 0.462. The van der Waals surface area contributed by atoms with Gasteiger partial charge in [-0.05, 0) is 67.2 Å². The zero-order valence-corrected chi connectivity index (χ0v) is 22.3. The van der Waals surface area contributed by atoms with Crippen LogP contribution in [0.25, 0.3) is 0 Å². The first-order chi connectivity index (χ1) is 16.2. The first-order valence-electron chi connectivity index (χ1n) is 12.0. The third kappa shape index (κ3) is 7.87. The minimum Gasteiger partial charge on any atom is -0.492 e. The number of nitrogens with zero attached hydrogens (tertiary/aromatic N) is 2. The van der Waals surface area contributed by atoms with Crippen LogP contribution < -0.4 is 20.7 Å². The third-order valence-electron chi connectivity index (χ3n) is 6.20. The molecule has 1 saturated heterocycles. The van der Waals surface area contributed by atoms with Gasteiger partial charge < -0.3 is 20.7 Å². The molecule has 0 bridgehead atoms. The molecule has 0 radical (unpaired) electrons. The summed E-state index contributed by atoms with van der Waals surface area (Å²) < 4.78 is 5.87. The molecule has 2 aliphatic rings. The number of aliphatic imine (C=N–C) groups is 1. The second-order valence-corrected chi connectivity index (χ2v) is 8.72. The Kier molecular flexibility index (Phi) is 10.5. The summed E-state index contributed by atoms with van der Waals surface area (Å²) in [6, 6.07) is 14.7. The highest BCUT2D eigenvalue weighted by molar-refractivity contribution is 14.0. The van der Waals surface area contributed by atoms with Gasteiger partial charge in [-0.2, -0.15) is 0 Å². The quantitative estimate of drug-likeness (QED) is 0.192. The van der Waals surface area contributed by atoms with Crippen LogP contribution in [-0.4, -0.2) is 50.1 Å². The molecule has 0 atom stereocenters. The number of hydrogen-bond donors (Lipinski definition) is 3. The Morgan fingerprint density at radius 3 is 2.56 bits per heavy atom. The van der Waals surface area contributed by atoms with Gasteiger partial charge in [-0.1, -0.05) is 30.7 Å². The Bertz CT molecular complexity index is 958. The number of amides is 1. The summed E-state index contributed by atoms with van der Waals surface area (Å²) in [5.74, 6) is 1.65. The number of carbonyl (C=O) groups excluding carboxylic acids is 1. The van der Waals surface area contributed by atoms with Gasteiger partial charge in [0, 0.05) is 32.2 Å². The van der Waals surface area contributed by atoms with E-state index in [4.69, 9.17) is 4.74 Å². The van der Waals surface area contributed by atoms with E-state index in [-0.39, 0.29) is 29.9 Å². The van der Waals surface area contributed by atoms with Crippen LogP contribution in [0, 0.1) is 0 Å². The lowest BCUT2D eigenvalue weighted by atomic mass is 10.0. The van der Waals surface area contributed by atoms with E-state index in [1.54, 1.807) is 7.05 Å². The molecule has 7 nitrogen and oxygen atoms in total. The topological polar surface area (TPSA) is 78.0 Å². The molecule has 1 amide bonds. The second-order valence-electron chi connectivity index (χ2n) is 8.72. The highest BCUT2D eigenvalue weighted by Crippen LogP contribution is 2.26. The van der Waals surface area contributed by atoms with Gasteiger partial charge in [0.25, 0.3) is 0 Å². The van der Waals surface area contributed by atoms with Gasteiger partial charge in [-0.15, -0.1) is 24.0 Å². The van der Waals surface area contributed by atoms with Gasteiger partial charge in [0.2, 0.25) is 5.91 Å². The normalized spacial score (nSPS) is 16.1. The van der Waals surface area contributed by atoms with Crippen LogP contribution in [0.4, 0.5) is 5.69 Å². The Hall–Kier alpha value is -2.33. The maximum absolute atomic E-state index is 11.5. The molecule has 1 fully saturated rings. The average molecular weight is 578 g/mol. The summed E-state index contributed by atoms with van der Waals surface area (Å²) in [4.78, 5) is 18.3. The summed E-state index contributed by atoms with van der Waals surface area (Å²) in [6.07, 6.45) is 5.31. The maximum Gasteiger partial charge on any atom is 0.224 e. The third-order valence-corrected chi connectivity index (χ3v) is 6.20. The van der Waals surface area contributed by atoms with Crippen molar-refractivity contribution in [2.75, 3.05) is 38.6 Å². The molecule has 8 heteroatoms. The van der Waals surface area contributed by atoms with Crippen molar-refractivity contribution in [3.05, 3.63) is 59.2 Å². The number of carbonyl (C=O) groups is 1. The number of rotatable bonds is 8. The lowest BCUT2D eigenvalue weighted by molar-refractivity contribution is -0.116. The van der Waals surface area contributed by atoms with Crippen LogP contribution in [0.5, 0.6) is 5.75 Å². The zero-order valence-electron chi connectivity index (χ0n) is 19.9. The molecule has 4 rings (SSSR count). The Morgan fingerprint density at radius 2 is 1.79 bits per heavy atom. The van der Waals surface area contributed by atoms with Crippen molar-refractivity contribution >= 4 is 41.5 Å². The summed E-state index contributed by atoms with van der Waals surface area (Å²) in [6.45, 7) is 5.38. The van der Waals surface area contributed by atoms with Crippen LogP contribution >= 0.6 is 24.0 Å². The molecule has 2 heterocycles. The smallest absolute Gasteiger partial charge is 0.224 e. The molecule has 2 aliphatic heterocycles. The number of halogens is 1. The predicted octanol–water partition coefficient (Wildman–Crippen LogP) is 3.92. The van der Waals surface area contributed by atoms with Gasteiger partial charge in [0.1, 0.15) is 12.4 Å². The highest BCUT2D eigenvalue weighted by Gasteiger charge is 2.15. The zero-order chi connectivity index (χ0) is 22.9. The molecule has 2 aromatic rings. The lowest BCUT2D eigenvalue weighted by Gasteiger charge is -2.26. The summed E-state index contributed by atoms with van der Waals surface area (Å²) in [5, 5.41) is 9.55. The number of benzene rings is 2. The molecular formula is C26H36IN5O2. The van der Waals surface area contributed by atoms with Gasteiger partial charge in [0.15, 0.2) is 5.96 Å². The molecule has 0 spiro atoms. The van der Waals surface area contributed by atoms with E-state index in [1.807, 2.05) is 18.2 Å². The summed E-state index contributed by atoms with van der Waals surface area (Å²) in [7, 11) is 1.77. The number of fused-ring (bicyclic) bond motifs is 1. The van der Waals surface area contributed by atoms with Crippen molar-refractivity contribution < 1.29 is 9.53 Å². The van der Waals surface area contributed by atoms with Crippen molar-refractivity contribution in [1.29, 1.82) is 0 Å². The first-order valence-corrected chi connectivity index (χ1v) is 12.0. The molecule has 0 unspecified atom stereocenters. The van der Waals surface area contributed by atoms with Crippen molar-refractivity contribution in [3.63, 3.8) is 0 Å². The fourth-order valence-electron chi connectivity index (χ4n) is 4.33. The Balaban J connectivity index is 0.00000324. The van der Waals surface area contributed by atoms with E-state index >= 15 is 0 Å². The van der Waals surface area contributed by atoms with E-state index in [2.05, 4.69) is 50.1 Å². The van der Waals surface area contributed by atoms with Crippen molar-refractivity contribution in [1.82, 2.24) is 15.5 Å². The number of likely N-dealkylation sites (tertiary alicyclic amines) is 1. The lowest BCUT2D eigenvalue weighted by Crippen LogP contribution is -2.38. The van der Waals surface area contributed by atoms with Crippen LogP contribution in [0.3, 0.4) is 0 Å². The number of hydrogen-bond acceptors (Lipinski definition) is 4. The molecule has 34 heavy (non-hydrogen) atoms. The number of nitrogens with one attached hydrogen (secondary N) is 3. The van der Waals surface area contributed by atoms with Gasteiger partial charge >= 0.3 is 0 Å². The molecule has 184 valence electrons. The molecule has 0 saturated carbocycles.